The molecule has 2 aliphatic rings. The molecule has 0 fully saturated rings. The van der Waals surface area contributed by atoms with Gasteiger partial charge in [0.2, 0.25) is 0 Å². The van der Waals surface area contributed by atoms with Crippen molar-refractivity contribution in [3.63, 3.8) is 0 Å². The molecular weight excluding hydrogens is 605 g/mol. The zero-order valence-electron chi connectivity index (χ0n) is 27.8. The standard InChI is InChI=1S/C49H34O/c1-48(35-16-4-2-5-17-35)42-24-12-13-25-44(42)50-45-26-14-22-39(47(45)48)34-27-30-37(31-28-34)49(36-18-6-3-7-19-36)41-23-11-10-21-40(41)46-38-20-9-8-15-33(38)29-32-43(46)49/h2-32H,1H3. The van der Waals surface area contributed by atoms with Gasteiger partial charge in [-0.2, -0.15) is 0 Å². The first-order chi connectivity index (χ1) is 24.7. The maximum atomic E-state index is 6.65. The van der Waals surface area contributed by atoms with Crippen LogP contribution >= 0.6 is 0 Å². The molecule has 0 amide bonds. The highest BCUT2D eigenvalue weighted by atomic mass is 16.5. The molecule has 0 aromatic heterocycles. The van der Waals surface area contributed by atoms with Crippen LogP contribution in [0.15, 0.2) is 188 Å². The largest absolute Gasteiger partial charge is 0.457 e. The molecule has 1 aliphatic carbocycles. The second-order valence-electron chi connectivity index (χ2n) is 13.7. The molecule has 0 saturated heterocycles. The Bertz CT molecular complexity index is 2570. The van der Waals surface area contributed by atoms with Crippen LogP contribution in [-0.4, -0.2) is 0 Å². The Hall–Kier alpha value is -6.18. The molecule has 1 heteroatoms. The van der Waals surface area contributed by atoms with Gasteiger partial charge in [-0.1, -0.05) is 176 Å². The summed E-state index contributed by atoms with van der Waals surface area (Å²) in [5.41, 5.74) is 12.9. The fourth-order valence-corrected chi connectivity index (χ4v) is 9.09. The smallest absolute Gasteiger partial charge is 0.132 e. The van der Waals surface area contributed by atoms with Gasteiger partial charge in [0.25, 0.3) is 0 Å². The molecule has 0 saturated carbocycles. The van der Waals surface area contributed by atoms with E-state index in [0.29, 0.717) is 0 Å². The first-order valence-electron chi connectivity index (χ1n) is 17.4. The summed E-state index contributed by atoms with van der Waals surface area (Å²) in [6.07, 6.45) is 0. The van der Waals surface area contributed by atoms with E-state index in [2.05, 4.69) is 195 Å². The molecule has 0 radical (unpaired) electrons. The van der Waals surface area contributed by atoms with Crippen LogP contribution in [0.4, 0.5) is 0 Å². The molecule has 50 heavy (non-hydrogen) atoms. The highest BCUT2D eigenvalue weighted by molar-refractivity contribution is 6.04. The number of hydrogen-bond acceptors (Lipinski definition) is 1. The lowest BCUT2D eigenvalue weighted by Gasteiger charge is -2.39. The number of benzene rings is 8. The van der Waals surface area contributed by atoms with Crippen molar-refractivity contribution in [1.29, 1.82) is 0 Å². The van der Waals surface area contributed by atoms with E-state index < -0.39 is 10.8 Å². The zero-order valence-corrected chi connectivity index (χ0v) is 27.8. The Kier molecular flexibility index (Phi) is 6.29. The Morgan fingerprint density at radius 3 is 1.80 bits per heavy atom. The average Bonchev–Trinajstić information content (AvgIpc) is 3.50. The Morgan fingerprint density at radius 2 is 1.00 bits per heavy atom. The second kappa shape index (κ2) is 10.9. The molecule has 10 rings (SSSR count). The Morgan fingerprint density at radius 1 is 0.400 bits per heavy atom. The van der Waals surface area contributed by atoms with Crippen LogP contribution < -0.4 is 4.74 Å². The van der Waals surface area contributed by atoms with E-state index in [0.717, 1.165) is 11.5 Å². The van der Waals surface area contributed by atoms with E-state index >= 15 is 0 Å². The molecule has 0 spiro atoms. The third-order valence-electron chi connectivity index (χ3n) is 11.3. The summed E-state index contributed by atoms with van der Waals surface area (Å²) < 4.78 is 6.65. The molecule has 1 aliphatic heterocycles. The third kappa shape index (κ3) is 3.89. The summed E-state index contributed by atoms with van der Waals surface area (Å²) in [7, 11) is 0. The van der Waals surface area contributed by atoms with E-state index in [4.69, 9.17) is 4.74 Å². The van der Waals surface area contributed by atoms with Gasteiger partial charge in [0.05, 0.1) is 10.8 Å². The summed E-state index contributed by atoms with van der Waals surface area (Å²) in [6.45, 7) is 2.35. The maximum Gasteiger partial charge on any atom is 0.132 e. The lowest BCUT2D eigenvalue weighted by atomic mass is 9.66. The number of hydrogen-bond donors (Lipinski definition) is 0. The lowest BCUT2D eigenvalue weighted by Crippen LogP contribution is -2.30. The summed E-state index contributed by atoms with van der Waals surface area (Å²) >= 11 is 0. The first-order valence-corrected chi connectivity index (χ1v) is 17.4. The molecule has 8 aromatic carbocycles. The molecule has 1 heterocycles. The van der Waals surface area contributed by atoms with Gasteiger partial charge in [-0.15, -0.1) is 0 Å². The highest BCUT2D eigenvalue weighted by Gasteiger charge is 2.47. The van der Waals surface area contributed by atoms with Gasteiger partial charge in [-0.3, -0.25) is 0 Å². The normalized spacial score (nSPS) is 18.4. The van der Waals surface area contributed by atoms with Crippen LogP contribution in [0, 0.1) is 0 Å². The number of rotatable bonds is 4. The minimum absolute atomic E-state index is 0.406. The van der Waals surface area contributed by atoms with Gasteiger partial charge < -0.3 is 4.74 Å². The van der Waals surface area contributed by atoms with Crippen molar-refractivity contribution in [2.75, 3.05) is 0 Å². The second-order valence-corrected chi connectivity index (χ2v) is 13.7. The molecule has 2 atom stereocenters. The summed E-state index contributed by atoms with van der Waals surface area (Å²) in [4.78, 5) is 0. The monoisotopic (exact) mass is 638 g/mol. The maximum absolute atomic E-state index is 6.65. The summed E-state index contributed by atoms with van der Waals surface area (Å²) in [5.74, 6) is 1.82. The molecule has 8 aromatic rings. The topological polar surface area (TPSA) is 9.23 Å². The van der Waals surface area contributed by atoms with Crippen molar-refractivity contribution in [2.24, 2.45) is 0 Å². The molecule has 2 unspecified atom stereocenters. The third-order valence-corrected chi connectivity index (χ3v) is 11.3. The van der Waals surface area contributed by atoms with Crippen molar-refractivity contribution >= 4 is 10.8 Å². The lowest BCUT2D eigenvalue weighted by molar-refractivity contribution is 0.428. The molecular formula is C49H34O. The fourth-order valence-electron chi connectivity index (χ4n) is 9.09. The number of fused-ring (bicyclic) bond motifs is 7. The van der Waals surface area contributed by atoms with Gasteiger partial charge in [0.15, 0.2) is 0 Å². The quantitative estimate of drug-likeness (QED) is 0.186. The van der Waals surface area contributed by atoms with E-state index in [9.17, 15) is 0 Å². The van der Waals surface area contributed by atoms with Gasteiger partial charge in [-0.25, -0.2) is 0 Å². The Balaban J connectivity index is 1.21. The predicted octanol–water partition coefficient (Wildman–Crippen LogP) is 12.3. The van der Waals surface area contributed by atoms with E-state index in [-0.39, 0.29) is 0 Å². The van der Waals surface area contributed by atoms with Crippen molar-refractivity contribution < 1.29 is 4.74 Å². The zero-order chi connectivity index (χ0) is 33.3. The van der Waals surface area contributed by atoms with Crippen LogP contribution in [0.2, 0.25) is 0 Å². The van der Waals surface area contributed by atoms with Crippen LogP contribution in [0.25, 0.3) is 33.0 Å². The highest BCUT2D eigenvalue weighted by Crippen LogP contribution is 2.58. The van der Waals surface area contributed by atoms with Crippen LogP contribution in [0.5, 0.6) is 11.5 Å². The van der Waals surface area contributed by atoms with Crippen LogP contribution in [0.1, 0.15) is 45.9 Å². The van der Waals surface area contributed by atoms with Crippen molar-refractivity contribution in [1.82, 2.24) is 0 Å². The molecule has 0 bridgehead atoms. The first kappa shape index (κ1) is 28.8. The molecule has 0 N–H and O–H groups in total. The summed E-state index contributed by atoms with van der Waals surface area (Å²) in [6, 6.07) is 68.7. The Labute approximate surface area is 293 Å². The van der Waals surface area contributed by atoms with Crippen LogP contribution in [-0.2, 0) is 10.8 Å². The van der Waals surface area contributed by atoms with Crippen molar-refractivity contribution in [3.05, 3.63) is 227 Å². The minimum atomic E-state index is -0.466. The van der Waals surface area contributed by atoms with Crippen LogP contribution in [0.3, 0.4) is 0 Å². The van der Waals surface area contributed by atoms with E-state index in [1.54, 1.807) is 0 Å². The van der Waals surface area contributed by atoms with Crippen molar-refractivity contribution in [2.45, 2.75) is 17.8 Å². The SMILES string of the molecule is CC1(c2ccccc2)c2ccccc2Oc2cccc(-c3ccc(C4(c5ccccc5)c5ccccc5-c5c4ccc4ccccc54)cc3)c21. The average molecular weight is 639 g/mol. The minimum Gasteiger partial charge on any atom is -0.457 e. The fraction of sp³-hybridized carbons (Fsp3) is 0.0612. The van der Waals surface area contributed by atoms with Gasteiger partial charge in [0.1, 0.15) is 11.5 Å². The molecule has 1 nitrogen and oxygen atoms in total. The number of para-hydroxylation sites is 1. The van der Waals surface area contributed by atoms with E-state index in [1.807, 2.05) is 0 Å². The van der Waals surface area contributed by atoms with Gasteiger partial charge in [-0.05, 0) is 79.9 Å². The number of ether oxygens (including phenoxy) is 1. The van der Waals surface area contributed by atoms with Crippen molar-refractivity contribution in [3.8, 4) is 33.8 Å². The van der Waals surface area contributed by atoms with Gasteiger partial charge >= 0.3 is 0 Å². The molecule has 236 valence electrons. The summed E-state index contributed by atoms with van der Waals surface area (Å²) in [5, 5.41) is 2.56. The van der Waals surface area contributed by atoms with Gasteiger partial charge in [0, 0.05) is 11.1 Å². The van der Waals surface area contributed by atoms with E-state index in [1.165, 1.54) is 72.0 Å². The predicted molar refractivity (Wildman–Crippen MR) is 205 cm³/mol.